The summed E-state index contributed by atoms with van der Waals surface area (Å²) < 4.78 is 1.83. The van der Waals surface area contributed by atoms with Crippen LogP contribution in [0.25, 0.3) is 0 Å². The molecule has 0 spiro atoms. The predicted molar refractivity (Wildman–Crippen MR) is 56.6 cm³/mol. The van der Waals surface area contributed by atoms with E-state index in [1.165, 1.54) is 0 Å². The van der Waals surface area contributed by atoms with Gasteiger partial charge in [-0.3, -0.25) is 4.68 Å². The molecule has 0 aliphatic carbocycles. The number of hydrogen-bond acceptors (Lipinski definition) is 1. The second kappa shape index (κ2) is 4.34. The first kappa shape index (κ1) is 10.9. The summed E-state index contributed by atoms with van der Waals surface area (Å²) in [4.78, 5) is 0. The van der Waals surface area contributed by atoms with Crippen molar-refractivity contribution in [1.29, 1.82) is 0 Å². The molecular formula is C9H14Cl2N2. The van der Waals surface area contributed by atoms with Crippen LogP contribution in [0.4, 0.5) is 0 Å². The van der Waals surface area contributed by atoms with E-state index in [1.54, 1.807) is 0 Å². The van der Waals surface area contributed by atoms with Gasteiger partial charge >= 0.3 is 0 Å². The molecule has 0 saturated heterocycles. The first-order chi connectivity index (χ1) is 6.02. The van der Waals surface area contributed by atoms with Crippen molar-refractivity contribution in [3.63, 3.8) is 0 Å². The fourth-order valence-electron chi connectivity index (χ4n) is 1.29. The first-order valence-electron chi connectivity index (χ1n) is 4.34. The van der Waals surface area contributed by atoms with Crippen molar-refractivity contribution >= 4 is 23.2 Å². The highest BCUT2D eigenvalue weighted by Crippen LogP contribution is 2.21. The minimum Gasteiger partial charge on any atom is -0.271 e. The third kappa shape index (κ3) is 2.61. The highest BCUT2D eigenvalue weighted by atomic mass is 35.5. The second-order valence-electron chi connectivity index (χ2n) is 3.29. The van der Waals surface area contributed by atoms with Crippen LogP contribution >= 0.6 is 23.2 Å². The van der Waals surface area contributed by atoms with Gasteiger partial charge < -0.3 is 0 Å². The van der Waals surface area contributed by atoms with Crippen LogP contribution in [0.3, 0.4) is 0 Å². The van der Waals surface area contributed by atoms with Crippen LogP contribution in [0.2, 0.25) is 5.02 Å². The van der Waals surface area contributed by atoms with E-state index in [1.807, 2.05) is 25.6 Å². The Morgan fingerprint density at radius 2 is 2.15 bits per heavy atom. The van der Waals surface area contributed by atoms with Gasteiger partial charge in [0.05, 0.1) is 16.4 Å². The van der Waals surface area contributed by atoms with Gasteiger partial charge in [-0.2, -0.15) is 5.10 Å². The molecule has 4 heteroatoms. The Kier molecular flexibility index (Phi) is 3.63. The first-order valence-corrected chi connectivity index (χ1v) is 5.16. The van der Waals surface area contributed by atoms with Gasteiger partial charge in [0.15, 0.2) is 0 Å². The van der Waals surface area contributed by atoms with Gasteiger partial charge in [0.1, 0.15) is 0 Å². The SMILES string of the molecule is Cc1nn(C)c(CCC(C)Cl)c1Cl. The molecule has 0 saturated carbocycles. The monoisotopic (exact) mass is 220 g/mol. The van der Waals surface area contributed by atoms with Gasteiger partial charge in [0.2, 0.25) is 0 Å². The van der Waals surface area contributed by atoms with E-state index in [4.69, 9.17) is 23.2 Å². The number of aryl methyl sites for hydroxylation is 2. The van der Waals surface area contributed by atoms with E-state index in [0.29, 0.717) is 0 Å². The third-order valence-corrected chi connectivity index (χ3v) is 2.75. The van der Waals surface area contributed by atoms with Crippen molar-refractivity contribution in [2.75, 3.05) is 0 Å². The molecule has 1 heterocycles. The lowest BCUT2D eigenvalue weighted by molar-refractivity contribution is 0.675. The van der Waals surface area contributed by atoms with E-state index in [2.05, 4.69) is 5.10 Å². The van der Waals surface area contributed by atoms with Crippen molar-refractivity contribution in [2.45, 2.75) is 32.1 Å². The highest BCUT2D eigenvalue weighted by Gasteiger charge is 2.11. The molecule has 0 amide bonds. The maximum Gasteiger partial charge on any atom is 0.0846 e. The summed E-state index contributed by atoms with van der Waals surface area (Å²) in [6.45, 7) is 3.90. The number of alkyl halides is 1. The van der Waals surface area contributed by atoms with E-state index in [0.717, 1.165) is 29.3 Å². The lowest BCUT2D eigenvalue weighted by atomic mass is 10.2. The van der Waals surface area contributed by atoms with Crippen LogP contribution in [0, 0.1) is 6.92 Å². The molecule has 0 radical (unpaired) electrons. The summed E-state index contributed by atoms with van der Waals surface area (Å²) in [5, 5.41) is 5.19. The Morgan fingerprint density at radius 3 is 2.54 bits per heavy atom. The van der Waals surface area contributed by atoms with Crippen molar-refractivity contribution in [3.8, 4) is 0 Å². The molecular weight excluding hydrogens is 207 g/mol. The standard InChI is InChI=1S/C9H14Cl2N2/c1-6(10)4-5-8-9(11)7(2)12-13(8)3/h6H,4-5H2,1-3H3. The Balaban J connectivity index is 2.76. The summed E-state index contributed by atoms with van der Waals surface area (Å²) >= 11 is 11.9. The zero-order valence-corrected chi connectivity index (χ0v) is 9.65. The molecule has 1 unspecified atom stereocenters. The molecule has 13 heavy (non-hydrogen) atoms. The maximum atomic E-state index is 6.07. The largest absolute Gasteiger partial charge is 0.271 e. The van der Waals surface area contributed by atoms with Crippen molar-refractivity contribution < 1.29 is 0 Å². The van der Waals surface area contributed by atoms with Gasteiger partial charge in [0.25, 0.3) is 0 Å². The lowest BCUT2D eigenvalue weighted by Gasteiger charge is -2.03. The van der Waals surface area contributed by atoms with E-state index >= 15 is 0 Å². The highest BCUT2D eigenvalue weighted by molar-refractivity contribution is 6.31. The molecule has 74 valence electrons. The molecule has 1 rings (SSSR count). The molecule has 0 N–H and O–H groups in total. The smallest absolute Gasteiger partial charge is 0.0846 e. The molecule has 0 fully saturated rings. The quantitative estimate of drug-likeness (QED) is 0.717. The van der Waals surface area contributed by atoms with Gasteiger partial charge in [-0.25, -0.2) is 0 Å². The van der Waals surface area contributed by atoms with Gasteiger partial charge in [-0.1, -0.05) is 11.6 Å². The topological polar surface area (TPSA) is 17.8 Å². The number of aromatic nitrogens is 2. The molecule has 0 aliphatic rings. The molecule has 0 bridgehead atoms. The lowest BCUT2D eigenvalue weighted by Crippen LogP contribution is -2.02. The maximum absolute atomic E-state index is 6.07. The Labute approximate surface area is 88.8 Å². The summed E-state index contributed by atoms with van der Waals surface area (Å²) in [6.07, 6.45) is 1.82. The normalized spacial score (nSPS) is 13.3. The fourth-order valence-corrected chi connectivity index (χ4v) is 1.65. The van der Waals surface area contributed by atoms with Crippen LogP contribution in [0.1, 0.15) is 24.7 Å². The van der Waals surface area contributed by atoms with Gasteiger partial charge in [0, 0.05) is 12.4 Å². The number of nitrogens with zero attached hydrogens (tertiary/aromatic N) is 2. The second-order valence-corrected chi connectivity index (χ2v) is 4.41. The summed E-state index contributed by atoms with van der Waals surface area (Å²) in [6, 6.07) is 0. The Bertz CT molecular complexity index is 292. The van der Waals surface area contributed by atoms with Crippen molar-refractivity contribution in [1.82, 2.24) is 9.78 Å². The minimum absolute atomic E-state index is 0.186. The van der Waals surface area contributed by atoms with Gasteiger partial charge in [-0.15, -0.1) is 11.6 Å². The average Bonchev–Trinajstić information content (AvgIpc) is 2.24. The molecule has 2 nitrogen and oxygen atoms in total. The van der Waals surface area contributed by atoms with Crippen LogP contribution in [0.15, 0.2) is 0 Å². The molecule has 1 aromatic rings. The zero-order valence-electron chi connectivity index (χ0n) is 8.14. The third-order valence-electron chi connectivity index (χ3n) is 2.04. The van der Waals surface area contributed by atoms with Crippen LogP contribution in [-0.4, -0.2) is 15.2 Å². The van der Waals surface area contributed by atoms with E-state index < -0.39 is 0 Å². The molecule has 0 aliphatic heterocycles. The Hall–Kier alpha value is -0.210. The molecule has 1 atom stereocenters. The zero-order chi connectivity index (χ0) is 10.0. The summed E-state index contributed by atoms with van der Waals surface area (Å²) in [5.41, 5.74) is 1.97. The number of halogens is 2. The van der Waals surface area contributed by atoms with Crippen LogP contribution in [-0.2, 0) is 13.5 Å². The van der Waals surface area contributed by atoms with Crippen LogP contribution < -0.4 is 0 Å². The van der Waals surface area contributed by atoms with Crippen molar-refractivity contribution in [2.24, 2.45) is 7.05 Å². The van der Waals surface area contributed by atoms with Crippen LogP contribution in [0.5, 0.6) is 0 Å². The van der Waals surface area contributed by atoms with E-state index in [9.17, 15) is 0 Å². The predicted octanol–water partition coefficient (Wildman–Crippen LogP) is 2.94. The van der Waals surface area contributed by atoms with Gasteiger partial charge in [-0.05, 0) is 26.7 Å². The van der Waals surface area contributed by atoms with E-state index in [-0.39, 0.29) is 5.38 Å². The number of rotatable bonds is 3. The fraction of sp³-hybridized carbons (Fsp3) is 0.667. The molecule has 1 aromatic heterocycles. The summed E-state index contributed by atoms with van der Waals surface area (Å²) in [5.74, 6) is 0. The average molecular weight is 221 g/mol. The van der Waals surface area contributed by atoms with Crippen molar-refractivity contribution in [3.05, 3.63) is 16.4 Å². The number of hydrogen-bond donors (Lipinski definition) is 0. The molecule has 0 aromatic carbocycles. The Morgan fingerprint density at radius 1 is 1.54 bits per heavy atom. The summed E-state index contributed by atoms with van der Waals surface area (Å²) in [7, 11) is 1.91. The minimum atomic E-state index is 0.186.